The lowest BCUT2D eigenvalue weighted by Gasteiger charge is -2.16. The maximum atomic E-state index is 9.99. The Bertz CT molecular complexity index is 618. The van der Waals surface area contributed by atoms with Gasteiger partial charge in [-0.3, -0.25) is 15.3 Å². The maximum Gasteiger partial charge on any atom is 0.165 e. The summed E-state index contributed by atoms with van der Waals surface area (Å²) in [6.45, 7) is -0.405. The number of rotatable bonds is 3. The van der Waals surface area contributed by atoms with Crippen molar-refractivity contribution in [3.05, 3.63) is 18.6 Å². The molecule has 0 bridgehead atoms. The first kappa shape index (κ1) is 13.2. The number of aliphatic hydroxyl groups excluding tert-OH is 3. The van der Waals surface area contributed by atoms with Crippen LogP contribution in [-0.4, -0.2) is 60.0 Å². The zero-order chi connectivity index (χ0) is 14.3. The van der Waals surface area contributed by atoms with Gasteiger partial charge in [0.1, 0.15) is 23.8 Å². The first-order chi connectivity index (χ1) is 9.67. The second kappa shape index (κ2) is 4.96. The second-order valence-electron chi connectivity index (χ2n) is 4.52. The Labute approximate surface area is 113 Å². The topological polar surface area (TPSA) is 133 Å². The zero-order valence-electron chi connectivity index (χ0n) is 10.3. The van der Waals surface area contributed by atoms with Crippen molar-refractivity contribution in [1.29, 1.82) is 0 Å². The highest BCUT2D eigenvalue weighted by Crippen LogP contribution is 2.32. The molecule has 9 heteroatoms. The minimum absolute atomic E-state index is 0.362. The van der Waals surface area contributed by atoms with Gasteiger partial charge in [-0.1, -0.05) is 0 Å². The molecule has 0 radical (unpaired) electrons. The van der Waals surface area contributed by atoms with Crippen LogP contribution in [0.25, 0.3) is 11.2 Å². The zero-order valence-corrected chi connectivity index (χ0v) is 10.3. The Hall–Kier alpha value is -1.78. The Morgan fingerprint density at radius 3 is 2.75 bits per heavy atom. The van der Waals surface area contributed by atoms with Crippen LogP contribution in [0.2, 0.25) is 0 Å². The van der Waals surface area contributed by atoms with Crippen molar-refractivity contribution in [3.8, 4) is 0 Å². The van der Waals surface area contributed by atoms with Crippen LogP contribution >= 0.6 is 0 Å². The van der Waals surface area contributed by atoms with Gasteiger partial charge in [-0.15, -0.1) is 0 Å². The largest absolute Gasteiger partial charge is 0.394 e. The molecule has 1 aliphatic heterocycles. The van der Waals surface area contributed by atoms with Crippen LogP contribution in [0, 0.1) is 0 Å². The van der Waals surface area contributed by atoms with E-state index in [-0.39, 0.29) is 0 Å². The third-order valence-corrected chi connectivity index (χ3v) is 3.37. The predicted molar refractivity (Wildman–Crippen MR) is 65.9 cm³/mol. The summed E-state index contributed by atoms with van der Waals surface area (Å²) in [5.74, 6) is 0. The standard InChI is InChI=1S/C11H14N4O5/c16-3-6-8(17)9(18)11(20-6)15-4-13-7-5(14-19)1-2-12-10(7)15/h1-2,4,6,8-9,11,16-19H,3H2,(H,12,14)/t6-,8-,9-,11-/m1/s1. The number of anilines is 1. The highest BCUT2D eigenvalue weighted by molar-refractivity contribution is 5.84. The third-order valence-electron chi connectivity index (χ3n) is 3.37. The quantitative estimate of drug-likeness (QED) is 0.445. The first-order valence-electron chi connectivity index (χ1n) is 6.01. The Balaban J connectivity index is 2.03. The maximum absolute atomic E-state index is 9.99. The third kappa shape index (κ3) is 1.84. The number of fused-ring (bicyclic) bond motifs is 1. The van der Waals surface area contributed by atoms with Gasteiger partial charge in [0.2, 0.25) is 0 Å². The van der Waals surface area contributed by atoms with Crippen molar-refractivity contribution in [3.63, 3.8) is 0 Å². The summed E-state index contributed by atoms with van der Waals surface area (Å²) in [6.07, 6.45) is -1.34. The molecule has 20 heavy (non-hydrogen) atoms. The molecular weight excluding hydrogens is 268 g/mol. The molecule has 2 aromatic rings. The van der Waals surface area contributed by atoms with Crippen LogP contribution in [-0.2, 0) is 4.74 Å². The van der Waals surface area contributed by atoms with E-state index >= 15 is 0 Å². The SMILES string of the molecule is OC[C@H]1O[C@@H](n2cnc3c(NO)ccnc32)[C@H](O)[C@@H]1O. The van der Waals surface area contributed by atoms with E-state index in [2.05, 4.69) is 9.97 Å². The lowest BCUT2D eigenvalue weighted by atomic mass is 10.1. The number of nitrogens with zero attached hydrogens (tertiary/aromatic N) is 3. The van der Waals surface area contributed by atoms with Crippen molar-refractivity contribution in [2.75, 3.05) is 12.1 Å². The average molecular weight is 282 g/mol. The van der Waals surface area contributed by atoms with Crippen molar-refractivity contribution < 1.29 is 25.3 Å². The summed E-state index contributed by atoms with van der Waals surface area (Å²) in [7, 11) is 0. The summed E-state index contributed by atoms with van der Waals surface area (Å²) in [6, 6.07) is 1.54. The van der Waals surface area contributed by atoms with Gasteiger partial charge in [-0.2, -0.15) is 0 Å². The molecule has 2 aromatic heterocycles. The number of pyridine rings is 1. The number of aromatic nitrogens is 3. The molecule has 0 spiro atoms. The van der Waals surface area contributed by atoms with E-state index in [0.717, 1.165) is 0 Å². The predicted octanol–water partition coefficient (Wildman–Crippen LogP) is -1.16. The van der Waals surface area contributed by atoms with Gasteiger partial charge in [-0.05, 0) is 6.07 Å². The number of aliphatic hydroxyl groups is 3. The highest BCUT2D eigenvalue weighted by atomic mass is 16.6. The van der Waals surface area contributed by atoms with E-state index in [1.54, 1.807) is 0 Å². The van der Waals surface area contributed by atoms with Gasteiger partial charge in [0.15, 0.2) is 11.9 Å². The molecular formula is C11H14N4O5. The summed E-state index contributed by atoms with van der Waals surface area (Å²) in [5, 5.41) is 37.8. The van der Waals surface area contributed by atoms with Crippen molar-refractivity contribution in [2.24, 2.45) is 0 Å². The molecule has 0 saturated carbocycles. The summed E-state index contributed by atoms with van der Waals surface area (Å²) < 4.78 is 6.86. The molecule has 108 valence electrons. The summed E-state index contributed by atoms with van der Waals surface area (Å²) in [4.78, 5) is 8.21. The Morgan fingerprint density at radius 1 is 1.30 bits per heavy atom. The van der Waals surface area contributed by atoms with Crippen LogP contribution in [0.4, 0.5) is 5.69 Å². The normalized spacial score (nSPS) is 30.0. The number of hydrogen-bond acceptors (Lipinski definition) is 8. The van der Waals surface area contributed by atoms with Crippen molar-refractivity contribution in [2.45, 2.75) is 24.5 Å². The molecule has 1 saturated heterocycles. The molecule has 1 fully saturated rings. The lowest BCUT2D eigenvalue weighted by molar-refractivity contribution is -0.0511. The van der Waals surface area contributed by atoms with E-state index in [1.807, 2.05) is 5.48 Å². The van der Waals surface area contributed by atoms with Gasteiger partial charge >= 0.3 is 0 Å². The smallest absolute Gasteiger partial charge is 0.165 e. The van der Waals surface area contributed by atoms with Crippen LogP contribution in [0.15, 0.2) is 18.6 Å². The summed E-state index contributed by atoms with van der Waals surface area (Å²) >= 11 is 0. The van der Waals surface area contributed by atoms with Crippen LogP contribution in [0.3, 0.4) is 0 Å². The molecule has 0 aromatic carbocycles. The molecule has 9 nitrogen and oxygen atoms in total. The fourth-order valence-corrected chi connectivity index (χ4v) is 2.32. The van der Waals surface area contributed by atoms with Gasteiger partial charge in [0.25, 0.3) is 0 Å². The van der Waals surface area contributed by atoms with Gasteiger partial charge < -0.3 is 20.1 Å². The monoisotopic (exact) mass is 282 g/mol. The van der Waals surface area contributed by atoms with E-state index in [9.17, 15) is 10.2 Å². The molecule has 4 atom stereocenters. The molecule has 0 amide bonds. The van der Waals surface area contributed by atoms with Gasteiger partial charge in [0, 0.05) is 6.20 Å². The van der Waals surface area contributed by atoms with Gasteiger partial charge in [0.05, 0.1) is 18.6 Å². The number of imidazole rings is 1. The van der Waals surface area contributed by atoms with Crippen LogP contribution in [0.5, 0.6) is 0 Å². The molecule has 0 aliphatic carbocycles. The Morgan fingerprint density at radius 2 is 2.10 bits per heavy atom. The van der Waals surface area contributed by atoms with Crippen molar-refractivity contribution >= 4 is 16.9 Å². The molecule has 5 N–H and O–H groups in total. The molecule has 0 unspecified atom stereocenters. The Kier molecular flexibility index (Phi) is 3.28. The molecule has 3 heterocycles. The van der Waals surface area contributed by atoms with E-state index < -0.39 is 31.1 Å². The fraction of sp³-hybridized carbons (Fsp3) is 0.455. The highest BCUT2D eigenvalue weighted by Gasteiger charge is 2.43. The second-order valence-corrected chi connectivity index (χ2v) is 4.52. The minimum atomic E-state index is -1.21. The van der Waals surface area contributed by atoms with E-state index in [4.69, 9.17) is 15.1 Å². The van der Waals surface area contributed by atoms with E-state index in [1.165, 1.54) is 23.2 Å². The average Bonchev–Trinajstić information content (AvgIpc) is 3.01. The number of nitrogens with one attached hydrogen (secondary N) is 1. The lowest BCUT2D eigenvalue weighted by Crippen LogP contribution is -2.33. The van der Waals surface area contributed by atoms with E-state index in [0.29, 0.717) is 16.9 Å². The number of ether oxygens (including phenoxy) is 1. The first-order valence-corrected chi connectivity index (χ1v) is 6.01. The molecule has 3 rings (SSSR count). The number of hydrogen-bond donors (Lipinski definition) is 5. The summed E-state index contributed by atoms with van der Waals surface area (Å²) in [5.41, 5.74) is 3.14. The van der Waals surface area contributed by atoms with Crippen molar-refractivity contribution in [1.82, 2.24) is 14.5 Å². The fourth-order valence-electron chi connectivity index (χ4n) is 2.32. The van der Waals surface area contributed by atoms with Gasteiger partial charge in [-0.25, -0.2) is 9.97 Å². The van der Waals surface area contributed by atoms with Crippen LogP contribution in [0.1, 0.15) is 6.23 Å². The van der Waals surface area contributed by atoms with Crippen LogP contribution < -0.4 is 5.48 Å². The minimum Gasteiger partial charge on any atom is -0.394 e. The molecule has 1 aliphatic rings.